The van der Waals surface area contributed by atoms with Crippen molar-refractivity contribution in [3.63, 3.8) is 0 Å². The number of amides is 1. The highest BCUT2D eigenvalue weighted by atomic mass is 16.5. The molecule has 6 heteroatoms. The molecule has 3 aromatic rings. The van der Waals surface area contributed by atoms with Gasteiger partial charge in [0.05, 0.1) is 12.1 Å². The van der Waals surface area contributed by atoms with Crippen molar-refractivity contribution in [1.29, 1.82) is 0 Å². The first-order chi connectivity index (χ1) is 12.8. The van der Waals surface area contributed by atoms with Gasteiger partial charge in [0.15, 0.2) is 5.82 Å². The summed E-state index contributed by atoms with van der Waals surface area (Å²) in [5.74, 6) is 1.89. The molecule has 26 heavy (non-hydrogen) atoms. The van der Waals surface area contributed by atoms with Gasteiger partial charge >= 0.3 is 0 Å². The number of ether oxygens (including phenoxy) is 1. The van der Waals surface area contributed by atoms with Crippen molar-refractivity contribution in [1.82, 2.24) is 15.5 Å². The number of nitrogens with zero attached hydrogens (tertiary/aromatic N) is 2. The number of rotatable bonds is 7. The van der Waals surface area contributed by atoms with E-state index in [0.29, 0.717) is 29.7 Å². The molecule has 1 aliphatic carbocycles. The van der Waals surface area contributed by atoms with Gasteiger partial charge in [0.25, 0.3) is 5.91 Å². The van der Waals surface area contributed by atoms with Crippen LogP contribution in [0.25, 0.3) is 0 Å². The molecule has 0 bridgehead atoms. The second-order valence-electron chi connectivity index (χ2n) is 6.27. The maximum Gasteiger partial charge on any atom is 0.255 e. The van der Waals surface area contributed by atoms with Gasteiger partial charge in [0, 0.05) is 5.92 Å². The summed E-state index contributed by atoms with van der Waals surface area (Å²) in [7, 11) is 0. The molecule has 1 saturated carbocycles. The Hall–Kier alpha value is -3.15. The molecule has 1 heterocycles. The smallest absolute Gasteiger partial charge is 0.255 e. The number of carbonyl (C=O) groups is 1. The third kappa shape index (κ3) is 3.91. The van der Waals surface area contributed by atoms with E-state index in [0.717, 1.165) is 24.2 Å². The van der Waals surface area contributed by atoms with Crippen molar-refractivity contribution in [3.8, 4) is 5.75 Å². The average molecular weight is 349 g/mol. The fourth-order valence-corrected chi connectivity index (χ4v) is 2.61. The Kier molecular flexibility index (Phi) is 4.64. The quantitative estimate of drug-likeness (QED) is 0.707. The summed E-state index contributed by atoms with van der Waals surface area (Å²) in [6.07, 6.45) is 2.22. The van der Waals surface area contributed by atoms with Crippen LogP contribution in [0.15, 0.2) is 59.1 Å². The van der Waals surface area contributed by atoms with Gasteiger partial charge in [0.1, 0.15) is 12.4 Å². The van der Waals surface area contributed by atoms with E-state index in [1.165, 1.54) is 0 Å². The Morgan fingerprint density at radius 3 is 2.69 bits per heavy atom. The first-order valence-electron chi connectivity index (χ1n) is 8.66. The molecule has 132 valence electrons. The monoisotopic (exact) mass is 349 g/mol. The van der Waals surface area contributed by atoms with Gasteiger partial charge in [-0.05, 0) is 30.5 Å². The zero-order chi connectivity index (χ0) is 17.8. The molecule has 1 aromatic heterocycles. The van der Waals surface area contributed by atoms with Gasteiger partial charge in [-0.15, -0.1) is 0 Å². The van der Waals surface area contributed by atoms with E-state index in [9.17, 15) is 4.79 Å². The summed E-state index contributed by atoms with van der Waals surface area (Å²) in [6.45, 7) is 0.602. The van der Waals surface area contributed by atoms with Crippen LogP contribution < -0.4 is 10.1 Å². The van der Waals surface area contributed by atoms with Crippen molar-refractivity contribution in [2.75, 3.05) is 0 Å². The van der Waals surface area contributed by atoms with Crippen LogP contribution in [0.2, 0.25) is 0 Å². The standard InChI is InChI=1S/C20H19N3O3/c24-20(21-12-18-22-19(23-26-18)15-10-11-15)16-8-4-5-9-17(16)25-13-14-6-2-1-3-7-14/h1-9,15H,10-13H2,(H,21,24). The first kappa shape index (κ1) is 16.3. The molecular weight excluding hydrogens is 330 g/mol. The second-order valence-corrected chi connectivity index (χ2v) is 6.27. The number of aromatic nitrogens is 2. The topological polar surface area (TPSA) is 77.3 Å². The van der Waals surface area contributed by atoms with E-state index in [4.69, 9.17) is 9.26 Å². The Morgan fingerprint density at radius 2 is 1.88 bits per heavy atom. The molecule has 0 radical (unpaired) electrons. The summed E-state index contributed by atoms with van der Waals surface area (Å²) >= 11 is 0. The largest absolute Gasteiger partial charge is 0.488 e. The zero-order valence-electron chi connectivity index (χ0n) is 14.2. The summed E-state index contributed by atoms with van der Waals surface area (Å²) < 4.78 is 11.0. The van der Waals surface area contributed by atoms with E-state index >= 15 is 0 Å². The van der Waals surface area contributed by atoms with Crippen LogP contribution >= 0.6 is 0 Å². The van der Waals surface area contributed by atoms with E-state index < -0.39 is 0 Å². The van der Waals surface area contributed by atoms with Gasteiger partial charge in [0.2, 0.25) is 5.89 Å². The number of nitrogens with one attached hydrogen (secondary N) is 1. The molecule has 0 spiro atoms. The number of hydrogen-bond donors (Lipinski definition) is 1. The summed E-state index contributed by atoms with van der Waals surface area (Å²) in [4.78, 5) is 16.8. The number of para-hydroxylation sites is 1. The van der Waals surface area contributed by atoms with Crippen LogP contribution in [-0.2, 0) is 13.2 Å². The molecule has 0 aliphatic heterocycles. The van der Waals surface area contributed by atoms with Crippen LogP contribution in [0, 0.1) is 0 Å². The fraction of sp³-hybridized carbons (Fsp3) is 0.250. The minimum absolute atomic E-state index is 0.200. The highest BCUT2D eigenvalue weighted by Crippen LogP contribution is 2.38. The van der Waals surface area contributed by atoms with E-state index in [-0.39, 0.29) is 12.5 Å². The maximum atomic E-state index is 12.5. The summed E-state index contributed by atoms with van der Waals surface area (Å²) in [5.41, 5.74) is 1.52. The van der Waals surface area contributed by atoms with Crippen molar-refractivity contribution in [2.24, 2.45) is 0 Å². The molecule has 4 rings (SSSR count). The van der Waals surface area contributed by atoms with Crippen molar-refractivity contribution < 1.29 is 14.1 Å². The van der Waals surface area contributed by atoms with Crippen LogP contribution in [0.4, 0.5) is 0 Å². The summed E-state index contributed by atoms with van der Waals surface area (Å²) in [5, 5.41) is 6.76. The zero-order valence-corrected chi connectivity index (χ0v) is 14.2. The molecule has 1 aliphatic rings. The predicted molar refractivity (Wildman–Crippen MR) is 94.7 cm³/mol. The fourth-order valence-electron chi connectivity index (χ4n) is 2.61. The third-order valence-corrected chi connectivity index (χ3v) is 4.20. The predicted octanol–water partition coefficient (Wildman–Crippen LogP) is 3.46. The molecule has 1 amide bonds. The minimum Gasteiger partial charge on any atom is -0.488 e. The molecule has 0 saturated heterocycles. The average Bonchev–Trinajstić information content (AvgIpc) is 3.44. The SMILES string of the molecule is O=C(NCc1nc(C2CC2)no1)c1ccccc1OCc1ccccc1. The molecule has 1 fully saturated rings. The molecular formula is C20H19N3O3. The lowest BCUT2D eigenvalue weighted by Crippen LogP contribution is -2.23. The highest BCUT2D eigenvalue weighted by molar-refractivity contribution is 5.96. The van der Waals surface area contributed by atoms with Crippen LogP contribution in [0.5, 0.6) is 5.75 Å². The van der Waals surface area contributed by atoms with Gasteiger partial charge in [-0.25, -0.2) is 0 Å². The molecule has 1 N–H and O–H groups in total. The lowest BCUT2D eigenvalue weighted by molar-refractivity contribution is 0.0941. The van der Waals surface area contributed by atoms with Crippen LogP contribution in [-0.4, -0.2) is 16.0 Å². The van der Waals surface area contributed by atoms with Crippen molar-refractivity contribution >= 4 is 5.91 Å². The molecule has 0 unspecified atom stereocenters. The maximum absolute atomic E-state index is 12.5. The number of hydrogen-bond acceptors (Lipinski definition) is 5. The van der Waals surface area contributed by atoms with E-state index in [1.54, 1.807) is 12.1 Å². The Bertz CT molecular complexity index is 888. The lowest BCUT2D eigenvalue weighted by atomic mass is 10.2. The van der Waals surface area contributed by atoms with Crippen molar-refractivity contribution in [2.45, 2.75) is 31.9 Å². The van der Waals surface area contributed by atoms with Gasteiger partial charge in [-0.2, -0.15) is 4.98 Å². The summed E-state index contributed by atoms with van der Waals surface area (Å²) in [6, 6.07) is 17.0. The Morgan fingerprint density at radius 1 is 1.12 bits per heavy atom. The van der Waals surface area contributed by atoms with Crippen molar-refractivity contribution in [3.05, 3.63) is 77.4 Å². The van der Waals surface area contributed by atoms with E-state index in [1.807, 2.05) is 42.5 Å². The molecule has 2 aromatic carbocycles. The lowest BCUT2D eigenvalue weighted by Gasteiger charge is -2.11. The number of benzene rings is 2. The Labute approximate surface area is 151 Å². The van der Waals surface area contributed by atoms with Crippen LogP contribution in [0.1, 0.15) is 46.4 Å². The van der Waals surface area contributed by atoms with Crippen LogP contribution in [0.3, 0.4) is 0 Å². The minimum atomic E-state index is -0.236. The van der Waals surface area contributed by atoms with E-state index in [2.05, 4.69) is 15.5 Å². The molecule has 0 atom stereocenters. The normalized spacial score (nSPS) is 13.4. The third-order valence-electron chi connectivity index (χ3n) is 4.20. The highest BCUT2D eigenvalue weighted by Gasteiger charge is 2.28. The van der Waals surface area contributed by atoms with Gasteiger partial charge < -0.3 is 14.6 Å². The number of carbonyl (C=O) groups excluding carboxylic acids is 1. The second kappa shape index (κ2) is 7.39. The van der Waals surface area contributed by atoms with Gasteiger partial charge in [-0.1, -0.05) is 47.6 Å². The Balaban J connectivity index is 1.38. The molecule has 6 nitrogen and oxygen atoms in total. The first-order valence-corrected chi connectivity index (χ1v) is 8.66. The van der Waals surface area contributed by atoms with Gasteiger partial charge in [-0.3, -0.25) is 4.79 Å².